The smallest absolute Gasteiger partial charge is 0.307 e. The SMILES string of the molecule is O=C(O)Cc1c(-c2cccs2)nc2ccccc2c1-c1ccccc1. The van der Waals surface area contributed by atoms with Crippen LogP contribution in [-0.4, -0.2) is 16.1 Å². The van der Waals surface area contributed by atoms with E-state index in [1.165, 1.54) is 0 Å². The molecule has 0 aliphatic rings. The van der Waals surface area contributed by atoms with Gasteiger partial charge in [0.2, 0.25) is 0 Å². The van der Waals surface area contributed by atoms with Gasteiger partial charge in [-0.1, -0.05) is 54.6 Å². The molecule has 25 heavy (non-hydrogen) atoms. The molecule has 4 heteroatoms. The molecule has 1 N–H and O–H groups in total. The van der Waals surface area contributed by atoms with Crippen molar-refractivity contribution in [3.63, 3.8) is 0 Å². The summed E-state index contributed by atoms with van der Waals surface area (Å²) in [6, 6.07) is 21.8. The van der Waals surface area contributed by atoms with Crippen molar-refractivity contribution >= 4 is 28.2 Å². The van der Waals surface area contributed by atoms with Gasteiger partial charge < -0.3 is 5.11 Å². The summed E-state index contributed by atoms with van der Waals surface area (Å²) in [6.45, 7) is 0. The van der Waals surface area contributed by atoms with E-state index in [1.807, 2.05) is 72.1 Å². The van der Waals surface area contributed by atoms with Crippen molar-refractivity contribution in [1.82, 2.24) is 4.98 Å². The number of benzene rings is 2. The molecule has 0 saturated heterocycles. The summed E-state index contributed by atoms with van der Waals surface area (Å²) in [5.41, 5.74) is 4.36. The van der Waals surface area contributed by atoms with Crippen molar-refractivity contribution in [1.29, 1.82) is 0 Å². The Bertz CT molecular complexity index is 1040. The highest BCUT2D eigenvalue weighted by molar-refractivity contribution is 7.13. The van der Waals surface area contributed by atoms with Crippen LogP contribution in [0.1, 0.15) is 5.56 Å². The van der Waals surface area contributed by atoms with Gasteiger partial charge in [-0.25, -0.2) is 4.98 Å². The molecule has 0 bridgehead atoms. The number of hydrogen-bond donors (Lipinski definition) is 1. The minimum absolute atomic E-state index is 0.0602. The van der Waals surface area contributed by atoms with Crippen molar-refractivity contribution in [2.75, 3.05) is 0 Å². The molecule has 0 saturated carbocycles. The predicted molar refractivity (Wildman–Crippen MR) is 102 cm³/mol. The molecule has 2 aromatic carbocycles. The van der Waals surface area contributed by atoms with Crippen LogP contribution >= 0.6 is 11.3 Å². The van der Waals surface area contributed by atoms with Crippen molar-refractivity contribution in [2.24, 2.45) is 0 Å². The zero-order chi connectivity index (χ0) is 17.2. The Morgan fingerprint density at radius 2 is 1.72 bits per heavy atom. The van der Waals surface area contributed by atoms with E-state index in [2.05, 4.69) is 0 Å². The number of aliphatic carboxylic acids is 1. The van der Waals surface area contributed by atoms with Crippen molar-refractivity contribution in [3.8, 4) is 21.7 Å². The molecule has 2 aromatic heterocycles. The van der Waals surface area contributed by atoms with Crippen LogP contribution in [0.4, 0.5) is 0 Å². The lowest BCUT2D eigenvalue weighted by Gasteiger charge is -2.16. The average molecular weight is 345 g/mol. The number of carboxylic acid groups (broad SMARTS) is 1. The first-order valence-corrected chi connectivity index (χ1v) is 8.84. The molecule has 0 aliphatic carbocycles. The minimum atomic E-state index is -0.855. The Balaban J connectivity index is 2.13. The van der Waals surface area contributed by atoms with E-state index in [1.54, 1.807) is 11.3 Å². The van der Waals surface area contributed by atoms with Crippen molar-refractivity contribution < 1.29 is 9.90 Å². The number of thiophene rings is 1. The van der Waals surface area contributed by atoms with Crippen LogP contribution in [0.15, 0.2) is 72.1 Å². The van der Waals surface area contributed by atoms with Crippen LogP contribution in [0.2, 0.25) is 0 Å². The zero-order valence-corrected chi connectivity index (χ0v) is 14.2. The number of para-hydroxylation sites is 1. The largest absolute Gasteiger partial charge is 0.481 e. The molecule has 2 heterocycles. The van der Waals surface area contributed by atoms with Gasteiger partial charge in [0, 0.05) is 5.39 Å². The number of aromatic nitrogens is 1. The number of fused-ring (bicyclic) bond motifs is 1. The van der Waals surface area contributed by atoms with Gasteiger partial charge in [-0.3, -0.25) is 4.79 Å². The highest BCUT2D eigenvalue weighted by Gasteiger charge is 2.20. The molecule has 4 rings (SSSR count). The van der Waals surface area contributed by atoms with Crippen LogP contribution in [0.5, 0.6) is 0 Å². The third-order valence-electron chi connectivity index (χ3n) is 4.14. The Morgan fingerprint density at radius 3 is 2.44 bits per heavy atom. The van der Waals surface area contributed by atoms with Gasteiger partial charge in [-0.05, 0) is 34.2 Å². The summed E-state index contributed by atoms with van der Waals surface area (Å²) in [5.74, 6) is -0.855. The Labute approximate surface area is 149 Å². The lowest BCUT2D eigenvalue weighted by atomic mass is 9.92. The third-order valence-corrected chi connectivity index (χ3v) is 5.01. The van der Waals surface area contributed by atoms with E-state index < -0.39 is 5.97 Å². The first-order valence-electron chi connectivity index (χ1n) is 7.97. The topological polar surface area (TPSA) is 50.2 Å². The molecule has 0 radical (unpaired) electrons. The first kappa shape index (κ1) is 15.5. The minimum Gasteiger partial charge on any atom is -0.481 e. The van der Waals surface area contributed by atoms with Crippen molar-refractivity contribution in [3.05, 3.63) is 77.7 Å². The molecule has 0 fully saturated rings. The van der Waals surface area contributed by atoms with Gasteiger partial charge in [0.1, 0.15) is 0 Å². The number of hydrogen-bond acceptors (Lipinski definition) is 3. The van der Waals surface area contributed by atoms with Crippen LogP contribution in [0.25, 0.3) is 32.6 Å². The number of pyridine rings is 1. The Kier molecular flexibility index (Phi) is 4.04. The Hall–Kier alpha value is -2.98. The number of carbonyl (C=O) groups is 1. The molecule has 122 valence electrons. The van der Waals surface area contributed by atoms with Gasteiger partial charge in [0.15, 0.2) is 0 Å². The van der Waals surface area contributed by atoms with Gasteiger partial charge in [-0.2, -0.15) is 0 Å². The number of carboxylic acids is 1. The first-order chi connectivity index (χ1) is 12.2. The Morgan fingerprint density at radius 1 is 0.960 bits per heavy atom. The van der Waals surface area contributed by atoms with Crippen LogP contribution in [0, 0.1) is 0 Å². The summed E-state index contributed by atoms with van der Waals surface area (Å²) >= 11 is 1.57. The van der Waals surface area contributed by atoms with E-state index in [9.17, 15) is 9.90 Å². The van der Waals surface area contributed by atoms with E-state index in [4.69, 9.17) is 4.98 Å². The maximum Gasteiger partial charge on any atom is 0.307 e. The molecular weight excluding hydrogens is 330 g/mol. The summed E-state index contributed by atoms with van der Waals surface area (Å²) in [6.07, 6.45) is -0.0602. The summed E-state index contributed by atoms with van der Waals surface area (Å²) in [4.78, 5) is 17.4. The predicted octanol–water partition coefficient (Wildman–Crippen LogP) is 5.26. The molecular formula is C21H15NO2S. The van der Waals surface area contributed by atoms with Crippen LogP contribution in [0.3, 0.4) is 0 Å². The summed E-state index contributed by atoms with van der Waals surface area (Å²) < 4.78 is 0. The molecule has 0 aliphatic heterocycles. The second kappa shape index (κ2) is 6.49. The van der Waals surface area contributed by atoms with E-state index in [0.717, 1.165) is 38.2 Å². The van der Waals surface area contributed by atoms with Gasteiger partial charge in [-0.15, -0.1) is 11.3 Å². The maximum atomic E-state index is 11.6. The fourth-order valence-electron chi connectivity index (χ4n) is 3.13. The second-order valence-corrected chi connectivity index (χ2v) is 6.69. The number of rotatable bonds is 4. The number of nitrogens with zero attached hydrogens (tertiary/aromatic N) is 1. The van der Waals surface area contributed by atoms with E-state index in [0.29, 0.717) is 0 Å². The molecule has 0 unspecified atom stereocenters. The molecule has 0 spiro atoms. The normalized spacial score (nSPS) is 10.9. The molecule has 0 atom stereocenters. The molecule has 3 nitrogen and oxygen atoms in total. The van der Waals surface area contributed by atoms with Gasteiger partial charge in [0.05, 0.1) is 22.5 Å². The molecule has 4 aromatic rings. The van der Waals surface area contributed by atoms with Crippen LogP contribution < -0.4 is 0 Å². The average Bonchev–Trinajstić information content (AvgIpc) is 3.16. The lowest BCUT2D eigenvalue weighted by molar-refractivity contribution is -0.136. The quantitative estimate of drug-likeness (QED) is 0.549. The second-order valence-electron chi connectivity index (χ2n) is 5.74. The fraction of sp³-hybridized carbons (Fsp3) is 0.0476. The van der Waals surface area contributed by atoms with E-state index >= 15 is 0 Å². The van der Waals surface area contributed by atoms with Gasteiger partial charge >= 0.3 is 5.97 Å². The van der Waals surface area contributed by atoms with Crippen LogP contribution in [-0.2, 0) is 11.2 Å². The fourth-order valence-corrected chi connectivity index (χ4v) is 3.87. The summed E-state index contributed by atoms with van der Waals surface area (Å²) in [5, 5.41) is 12.5. The van der Waals surface area contributed by atoms with Gasteiger partial charge in [0.25, 0.3) is 0 Å². The molecule has 0 amide bonds. The highest BCUT2D eigenvalue weighted by Crippen LogP contribution is 2.38. The monoisotopic (exact) mass is 345 g/mol. The van der Waals surface area contributed by atoms with E-state index in [-0.39, 0.29) is 6.42 Å². The standard InChI is InChI=1S/C21H15NO2S/c23-19(24)13-16-20(14-7-2-1-3-8-14)15-9-4-5-10-17(15)22-21(16)18-11-6-12-25-18/h1-12H,13H2,(H,23,24). The van der Waals surface area contributed by atoms with Crippen molar-refractivity contribution in [2.45, 2.75) is 6.42 Å². The third kappa shape index (κ3) is 2.92. The zero-order valence-electron chi connectivity index (χ0n) is 13.3. The lowest BCUT2D eigenvalue weighted by Crippen LogP contribution is -2.06. The highest BCUT2D eigenvalue weighted by atomic mass is 32.1. The maximum absolute atomic E-state index is 11.6. The summed E-state index contributed by atoms with van der Waals surface area (Å²) in [7, 11) is 0.